The van der Waals surface area contributed by atoms with Gasteiger partial charge in [-0.2, -0.15) is 18.9 Å². The first-order valence-corrected chi connectivity index (χ1v) is 3.28. The smallest absolute Gasteiger partial charge is 0.284 e. The maximum atomic E-state index is 9.90. The van der Waals surface area contributed by atoms with E-state index in [1.54, 1.807) is 0 Å². The lowest BCUT2D eigenvalue weighted by Gasteiger charge is -1.89. The zero-order valence-electron chi connectivity index (χ0n) is 4.14. The van der Waals surface area contributed by atoms with E-state index in [-0.39, 0.29) is 0 Å². The molecule has 0 aromatic heterocycles. The lowest BCUT2D eigenvalue weighted by molar-refractivity contribution is 0.482. The van der Waals surface area contributed by atoms with Gasteiger partial charge in [-0.15, -0.1) is 0 Å². The van der Waals surface area contributed by atoms with E-state index in [1.165, 1.54) is 0 Å². The summed E-state index contributed by atoms with van der Waals surface area (Å²) in [5, 5.41) is 13.7. The average Bonchev–Trinajstić information content (AvgIpc) is 1.65. The van der Waals surface area contributed by atoms with Crippen molar-refractivity contribution in [3.8, 4) is 12.1 Å². The fourth-order valence-corrected chi connectivity index (χ4v) is 0.428. The Bertz CT molecular complexity index is 252. The first kappa shape index (κ1) is 7.89. The second-order valence-electron chi connectivity index (χ2n) is 1.15. The Labute approximate surface area is 51.9 Å². The van der Waals surface area contributed by atoms with E-state index in [1.807, 2.05) is 0 Å². The lowest BCUT2D eigenvalue weighted by Crippen LogP contribution is -2.15. The van der Waals surface area contributed by atoms with Gasteiger partial charge in [0.2, 0.25) is 0 Å². The minimum absolute atomic E-state index is 1.09. The molecule has 0 aromatic rings. The monoisotopic (exact) mass is 146 g/mol. The molecule has 0 aliphatic heterocycles. The lowest BCUT2D eigenvalue weighted by atomic mass is 10.5. The molecule has 0 spiro atoms. The highest BCUT2D eigenvalue weighted by Gasteiger charge is 2.20. The van der Waals surface area contributed by atoms with E-state index in [0.717, 1.165) is 12.1 Å². The molecule has 0 saturated carbocycles. The van der Waals surface area contributed by atoms with Gasteiger partial charge in [-0.1, -0.05) is 0 Å². The van der Waals surface area contributed by atoms with Gasteiger partial charge in [0, 0.05) is 0 Å². The first-order valence-electron chi connectivity index (χ1n) is 1.78. The van der Waals surface area contributed by atoms with Crippen molar-refractivity contribution in [1.82, 2.24) is 0 Å². The van der Waals surface area contributed by atoms with Gasteiger partial charge in [0.15, 0.2) is 0 Å². The van der Waals surface area contributed by atoms with Gasteiger partial charge in [0.1, 0.15) is 12.1 Å². The Morgan fingerprint density at radius 2 is 1.67 bits per heavy atom. The summed E-state index contributed by atoms with van der Waals surface area (Å²) in [6, 6.07) is 2.19. The molecule has 0 fully saturated rings. The van der Waals surface area contributed by atoms with Crippen LogP contribution < -0.4 is 0 Å². The molecule has 0 unspecified atom stereocenters. The van der Waals surface area contributed by atoms with Crippen molar-refractivity contribution in [3.63, 3.8) is 0 Å². The Hall–Kier alpha value is -1.11. The summed E-state index contributed by atoms with van der Waals surface area (Å²) in [5.41, 5.74) is 0. The molecule has 9 heavy (non-hydrogen) atoms. The van der Waals surface area contributed by atoms with Crippen LogP contribution in [-0.2, 0) is 10.1 Å². The Kier molecular flexibility index (Phi) is 2.14. The minimum atomic E-state index is -4.49. The Balaban J connectivity index is 4.65. The average molecular weight is 146 g/mol. The van der Waals surface area contributed by atoms with Crippen molar-refractivity contribution in [2.75, 3.05) is 0 Å². The maximum absolute atomic E-state index is 9.90. The normalized spacial score (nSPS) is 10.2. The number of nitrogens with zero attached hydrogens (tertiary/aromatic N) is 2. The summed E-state index contributed by atoms with van der Waals surface area (Å²) in [4.78, 5) is 0. The quantitative estimate of drug-likeness (QED) is 0.492. The molecule has 0 aromatic carbocycles. The molecule has 6 heteroatoms. The predicted molar refractivity (Wildman–Crippen MR) is 26.6 cm³/mol. The Morgan fingerprint density at radius 3 is 1.67 bits per heavy atom. The van der Waals surface area contributed by atoms with Crippen LogP contribution in [-0.4, -0.2) is 18.2 Å². The van der Waals surface area contributed by atoms with Gasteiger partial charge in [-0.25, -0.2) is 0 Å². The minimum Gasteiger partial charge on any atom is -0.284 e. The largest absolute Gasteiger partial charge is 0.295 e. The standard InChI is InChI=1S/C3H2N2O3S/c4-1-3(2-5)9(6,7)8/h3H,(H,6,7,8). The summed E-state index contributed by atoms with van der Waals surface area (Å²) >= 11 is 0. The summed E-state index contributed by atoms with van der Waals surface area (Å²) in [5.74, 6) is 0. The van der Waals surface area contributed by atoms with Crippen LogP contribution in [0.25, 0.3) is 0 Å². The van der Waals surface area contributed by atoms with E-state index in [9.17, 15) is 8.42 Å². The second-order valence-corrected chi connectivity index (χ2v) is 2.65. The molecule has 5 nitrogen and oxygen atoms in total. The van der Waals surface area contributed by atoms with Crippen molar-refractivity contribution in [2.45, 2.75) is 5.25 Å². The van der Waals surface area contributed by atoms with E-state index in [4.69, 9.17) is 15.1 Å². The Morgan fingerprint density at radius 1 is 1.33 bits per heavy atom. The number of nitriles is 2. The van der Waals surface area contributed by atoms with Gasteiger partial charge < -0.3 is 0 Å². The second kappa shape index (κ2) is 2.44. The third-order valence-electron chi connectivity index (χ3n) is 0.532. The van der Waals surface area contributed by atoms with Crippen LogP contribution in [0.15, 0.2) is 0 Å². The van der Waals surface area contributed by atoms with Crippen molar-refractivity contribution in [3.05, 3.63) is 0 Å². The van der Waals surface area contributed by atoms with Gasteiger partial charge in [0.25, 0.3) is 15.4 Å². The van der Waals surface area contributed by atoms with E-state index < -0.39 is 15.4 Å². The topological polar surface area (TPSA) is 102 Å². The summed E-state index contributed by atoms with van der Waals surface area (Å²) in [6.45, 7) is 0. The third kappa shape index (κ3) is 2.08. The van der Waals surface area contributed by atoms with Crippen LogP contribution in [0.5, 0.6) is 0 Å². The molecule has 0 heterocycles. The first-order chi connectivity index (χ1) is 4.02. The summed E-state index contributed by atoms with van der Waals surface area (Å²) in [7, 11) is -4.49. The molecule has 0 aliphatic carbocycles. The molecule has 0 atom stereocenters. The van der Waals surface area contributed by atoms with Crippen LogP contribution in [0.1, 0.15) is 0 Å². The van der Waals surface area contributed by atoms with Crippen molar-refractivity contribution < 1.29 is 13.0 Å². The molecule has 0 rings (SSSR count). The van der Waals surface area contributed by atoms with Crippen LogP contribution in [0, 0.1) is 22.7 Å². The molecule has 1 N–H and O–H groups in total. The number of rotatable bonds is 1. The summed E-state index contributed by atoms with van der Waals surface area (Å²) < 4.78 is 27.8. The van der Waals surface area contributed by atoms with Crippen molar-refractivity contribution in [2.24, 2.45) is 0 Å². The molecular weight excluding hydrogens is 144 g/mol. The molecule has 0 aliphatic rings. The van der Waals surface area contributed by atoms with E-state index >= 15 is 0 Å². The van der Waals surface area contributed by atoms with Crippen LogP contribution in [0.2, 0.25) is 0 Å². The van der Waals surface area contributed by atoms with Gasteiger partial charge in [0.05, 0.1) is 0 Å². The predicted octanol–water partition coefficient (Wildman–Crippen LogP) is -0.710. The third-order valence-corrected chi connectivity index (χ3v) is 1.34. The highest BCUT2D eigenvalue weighted by atomic mass is 32.2. The molecule has 48 valence electrons. The zero-order valence-corrected chi connectivity index (χ0v) is 4.96. The SMILES string of the molecule is N#CC(C#N)S(=O)(=O)O. The number of hydrogen-bond donors (Lipinski definition) is 1. The van der Waals surface area contributed by atoms with Crippen LogP contribution in [0.3, 0.4) is 0 Å². The van der Waals surface area contributed by atoms with Crippen molar-refractivity contribution in [1.29, 1.82) is 10.5 Å². The molecule has 0 saturated heterocycles. The summed E-state index contributed by atoms with van der Waals surface area (Å²) in [6.07, 6.45) is 0. The fraction of sp³-hybridized carbons (Fsp3) is 0.333. The van der Waals surface area contributed by atoms with Gasteiger partial charge >= 0.3 is 0 Å². The van der Waals surface area contributed by atoms with Crippen molar-refractivity contribution >= 4 is 10.1 Å². The van der Waals surface area contributed by atoms with E-state index in [2.05, 4.69) is 0 Å². The van der Waals surface area contributed by atoms with Crippen LogP contribution in [0.4, 0.5) is 0 Å². The fourth-order valence-electron chi connectivity index (χ4n) is 0.162. The molecule has 0 amide bonds. The van der Waals surface area contributed by atoms with E-state index in [0.29, 0.717) is 0 Å². The highest BCUT2D eigenvalue weighted by Crippen LogP contribution is 1.92. The van der Waals surface area contributed by atoms with Gasteiger partial charge in [-0.3, -0.25) is 4.55 Å². The molecule has 0 bridgehead atoms. The zero-order chi connectivity index (χ0) is 7.49. The van der Waals surface area contributed by atoms with Crippen LogP contribution >= 0.6 is 0 Å². The van der Waals surface area contributed by atoms with Gasteiger partial charge in [-0.05, 0) is 0 Å². The highest BCUT2D eigenvalue weighted by molar-refractivity contribution is 7.86. The number of hydrogen-bond acceptors (Lipinski definition) is 4. The molecular formula is C3H2N2O3S. The maximum Gasteiger partial charge on any atom is 0.295 e. The molecule has 0 radical (unpaired) electrons.